The van der Waals surface area contributed by atoms with Crippen molar-refractivity contribution < 1.29 is 4.74 Å². The molecular formula is C9H19NO. The highest BCUT2D eigenvalue weighted by atomic mass is 16.5. The van der Waals surface area contributed by atoms with Gasteiger partial charge in [-0.3, -0.25) is 0 Å². The molecule has 0 unspecified atom stereocenters. The van der Waals surface area contributed by atoms with E-state index in [-0.39, 0.29) is 0 Å². The van der Waals surface area contributed by atoms with Gasteiger partial charge in [-0.15, -0.1) is 0 Å². The van der Waals surface area contributed by atoms with Crippen molar-refractivity contribution in [2.24, 2.45) is 0 Å². The molecule has 66 valence electrons. The second-order valence-corrected chi connectivity index (χ2v) is 3.17. The van der Waals surface area contributed by atoms with Crippen molar-refractivity contribution in [2.75, 3.05) is 13.7 Å². The summed E-state index contributed by atoms with van der Waals surface area (Å²) in [6, 6.07) is 0.601. The number of ether oxygens (including phenoxy) is 1. The highest BCUT2D eigenvalue weighted by Gasteiger charge is 2.23. The summed E-state index contributed by atoms with van der Waals surface area (Å²) in [5, 5.41) is 3.31. The Kier molecular flexibility index (Phi) is 3.87. The van der Waals surface area contributed by atoms with Gasteiger partial charge in [0.1, 0.15) is 0 Å². The van der Waals surface area contributed by atoms with E-state index in [1.165, 1.54) is 25.7 Å². The van der Waals surface area contributed by atoms with Gasteiger partial charge in [-0.2, -0.15) is 0 Å². The van der Waals surface area contributed by atoms with E-state index in [2.05, 4.69) is 12.2 Å². The van der Waals surface area contributed by atoms with E-state index in [0.29, 0.717) is 12.1 Å². The van der Waals surface area contributed by atoms with Crippen LogP contribution in [-0.4, -0.2) is 25.8 Å². The molecule has 0 bridgehead atoms. The van der Waals surface area contributed by atoms with E-state index in [1.807, 2.05) is 7.05 Å². The molecule has 0 heterocycles. The molecule has 0 aliphatic heterocycles. The zero-order valence-corrected chi connectivity index (χ0v) is 7.60. The van der Waals surface area contributed by atoms with Gasteiger partial charge in [0.05, 0.1) is 6.10 Å². The first-order chi connectivity index (χ1) is 5.38. The number of hydrogen-bond acceptors (Lipinski definition) is 2. The van der Waals surface area contributed by atoms with Crippen molar-refractivity contribution in [3.05, 3.63) is 0 Å². The van der Waals surface area contributed by atoms with Crippen LogP contribution >= 0.6 is 0 Å². The minimum atomic E-state index is 0.471. The molecule has 0 spiro atoms. The van der Waals surface area contributed by atoms with Crippen molar-refractivity contribution in [2.45, 2.75) is 44.8 Å². The van der Waals surface area contributed by atoms with E-state index < -0.39 is 0 Å². The highest BCUT2D eigenvalue weighted by Crippen LogP contribution is 2.20. The summed E-state index contributed by atoms with van der Waals surface area (Å²) < 4.78 is 5.62. The molecule has 0 radical (unpaired) electrons. The fourth-order valence-corrected chi connectivity index (χ4v) is 1.84. The number of rotatable bonds is 3. The molecule has 0 saturated heterocycles. The lowest BCUT2D eigenvalue weighted by molar-refractivity contribution is 0.0144. The van der Waals surface area contributed by atoms with Gasteiger partial charge in [-0.1, -0.05) is 12.8 Å². The van der Waals surface area contributed by atoms with E-state index in [4.69, 9.17) is 4.74 Å². The Hall–Kier alpha value is -0.0800. The predicted octanol–water partition coefficient (Wildman–Crippen LogP) is 1.55. The molecule has 1 aliphatic rings. The van der Waals surface area contributed by atoms with Crippen LogP contribution in [0.5, 0.6) is 0 Å². The average Bonchev–Trinajstić information content (AvgIpc) is 2.06. The standard InChI is InChI=1S/C9H19NO/c1-3-11-9-7-5-4-6-8(9)10-2/h8-10H,3-7H2,1-2H3/t8-,9+/m0/s1. The third-order valence-electron chi connectivity index (χ3n) is 2.45. The topological polar surface area (TPSA) is 21.3 Å². The van der Waals surface area contributed by atoms with Gasteiger partial charge < -0.3 is 10.1 Å². The zero-order chi connectivity index (χ0) is 8.10. The lowest BCUT2D eigenvalue weighted by atomic mass is 9.92. The van der Waals surface area contributed by atoms with Crippen molar-refractivity contribution in [1.29, 1.82) is 0 Å². The Morgan fingerprint density at radius 1 is 1.36 bits per heavy atom. The summed E-state index contributed by atoms with van der Waals surface area (Å²) in [6.45, 7) is 2.92. The van der Waals surface area contributed by atoms with Crippen LogP contribution in [0.4, 0.5) is 0 Å². The predicted molar refractivity (Wildman–Crippen MR) is 46.7 cm³/mol. The largest absolute Gasteiger partial charge is 0.377 e. The van der Waals surface area contributed by atoms with E-state index in [9.17, 15) is 0 Å². The molecule has 1 aliphatic carbocycles. The van der Waals surface area contributed by atoms with Gasteiger partial charge in [0.2, 0.25) is 0 Å². The van der Waals surface area contributed by atoms with Gasteiger partial charge in [-0.05, 0) is 26.8 Å². The Morgan fingerprint density at radius 2 is 2.09 bits per heavy atom. The van der Waals surface area contributed by atoms with Gasteiger partial charge >= 0.3 is 0 Å². The van der Waals surface area contributed by atoms with Crippen LogP contribution in [-0.2, 0) is 4.74 Å². The molecule has 1 N–H and O–H groups in total. The first-order valence-electron chi connectivity index (χ1n) is 4.67. The summed E-state index contributed by atoms with van der Waals surface area (Å²) in [5.41, 5.74) is 0. The molecule has 0 aromatic rings. The molecule has 2 nitrogen and oxygen atoms in total. The highest BCUT2D eigenvalue weighted by molar-refractivity contribution is 4.80. The molecule has 1 saturated carbocycles. The summed E-state index contributed by atoms with van der Waals surface area (Å²) in [4.78, 5) is 0. The summed E-state index contributed by atoms with van der Waals surface area (Å²) in [7, 11) is 2.03. The minimum absolute atomic E-state index is 0.471. The lowest BCUT2D eigenvalue weighted by Gasteiger charge is -2.30. The Balaban J connectivity index is 2.31. The summed E-state index contributed by atoms with van der Waals surface area (Å²) in [5.74, 6) is 0. The third kappa shape index (κ3) is 2.46. The maximum absolute atomic E-state index is 5.62. The van der Waals surface area contributed by atoms with Crippen LogP contribution in [0.3, 0.4) is 0 Å². The van der Waals surface area contributed by atoms with Crippen LogP contribution in [0.25, 0.3) is 0 Å². The van der Waals surface area contributed by atoms with E-state index >= 15 is 0 Å². The molecular weight excluding hydrogens is 138 g/mol. The van der Waals surface area contributed by atoms with Gasteiger partial charge in [0.25, 0.3) is 0 Å². The van der Waals surface area contributed by atoms with Crippen molar-refractivity contribution in [3.8, 4) is 0 Å². The second kappa shape index (κ2) is 4.73. The Labute approximate surface area is 69.3 Å². The van der Waals surface area contributed by atoms with Gasteiger partial charge in [0, 0.05) is 12.6 Å². The third-order valence-corrected chi connectivity index (χ3v) is 2.45. The minimum Gasteiger partial charge on any atom is -0.377 e. The monoisotopic (exact) mass is 157 g/mol. The number of hydrogen-bond donors (Lipinski definition) is 1. The van der Waals surface area contributed by atoms with Crippen molar-refractivity contribution in [1.82, 2.24) is 5.32 Å². The zero-order valence-electron chi connectivity index (χ0n) is 7.60. The van der Waals surface area contributed by atoms with Crippen LogP contribution in [0, 0.1) is 0 Å². The fourth-order valence-electron chi connectivity index (χ4n) is 1.84. The molecule has 0 aromatic heterocycles. The summed E-state index contributed by atoms with van der Waals surface area (Å²) in [6.07, 6.45) is 5.68. The van der Waals surface area contributed by atoms with Crippen LogP contribution < -0.4 is 5.32 Å². The van der Waals surface area contributed by atoms with Crippen LogP contribution in [0.15, 0.2) is 0 Å². The SMILES string of the molecule is CCO[C@@H]1CCCC[C@@H]1NC. The Morgan fingerprint density at radius 3 is 2.73 bits per heavy atom. The van der Waals surface area contributed by atoms with Crippen LogP contribution in [0.2, 0.25) is 0 Å². The smallest absolute Gasteiger partial charge is 0.0727 e. The van der Waals surface area contributed by atoms with Gasteiger partial charge in [-0.25, -0.2) is 0 Å². The molecule has 1 rings (SSSR count). The summed E-state index contributed by atoms with van der Waals surface area (Å²) >= 11 is 0. The molecule has 11 heavy (non-hydrogen) atoms. The second-order valence-electron chi connectivity index (χ2n) is 3.17. The molecule has 1 fully saturated rings. The molecule has 0 amide bonds. The normalized spacial score (nSPS) is 32.2. The lowest BCUT2D eigenvalue weighted by Crippen LogP contribution is -2.41. The maximum Gasteiger partial charge on any atom is 0.0727 e. The Bertz CT molecular complexity index is 104. The number of likely N-dealkylation sites (N-methyl/N-ethyl adjacent to an activating group) is 1. The van der Waals surface area contributed by atoms with Crippen molar-refractivity contribution in [3.63, 3.8) is 0 Å². The van der Waals surface area contributed by atoms with E-state index in [1.54, 1.807) is 0 Å². The molecule has 0 aromatic carbocycles. The van der Waals surface area contributed by atoms with Crippen LogP contribution in [0.1, 0.15) is 32.6 Å². The first-order valence-corrected chi connectivity index (χ1v) is 4.67. The van der Waals surface area contributed by atoms with Gasteiger partial charge in [0.15, 0.2) is 0 Å². The van der Waals surface area contributed by atoms with Crippen molar-refractivity contribution >= 4 is 0 Å². The average molecular weight is 157 g/mol. The van der Waals surface area contributed by atoms with E-state index in [0.717, 1.165) is 6.61 Å². The first kappa shape index (κ1) is 9.01. The molecule has 2 heteroatoms. The number of nitrogens with one attached hydrogen (secondary N) is 1. The quantitative estimate of drug-likeness (QED) is 0.671. The maximum atomic E-state index is 5.62. The fraction of sp³-hybridized carbons (Fsp3) is 1.00. The molecule has 2 atom stereocenters.